The van der Waals surface area contributed by atoms with Gasteiger partial charge in [0.1, 0.15) is 5.75 Å². The number of hydrogen-bond donors (Lipinski definition) is 3. The Bertz CT molecular complexity index is 1160. The molecule has 35 heavy (non-hydrogen) atoms. The van der Waals surface area contributed by atoms with Gasteiger partial charge in [0.2, 0.25) is 5.91 Å². The molecule has 184 valence electrons. The quantitative estimate of drug-likeness (QED) is 0.338. The van der Waals surface area contributed by atoms with E-state index in [0.717, 1.165) is 30.0 Å². The third-order valence-corrected chi connectivity index (χ3v) is 5.08. The summed E-state index contributed by atoms with van der Waals surface area (Å²) in [6.07, 6.45) is -3.50. The van der Waals surface area contributed by atoms with Crippen LogP contribution in [0, 0.1) is 0 Å². The molecule has 2 amide bonds. The fourth-order valence-electron chi connectivity index (χ4n) is 3.07. The molecule has 0 saturated carbocycles. The molecule has 0 heterocycles. The number of benzene rings is 3. The number of carbonyl (C=O) groups excluding carboxylic acids is 2. The number of alkyl halides is 3. The molecule has 0 spiro atoms. The summed E-state index contributed by atoms with van der Waals surface area (Å²) in [6.45, 7) is 4.02. The van der Waals surface area contributed by atoms with E-state index in [1.807, 2.05) is 38.1 Å². The smallest absolute Gasteiger partial charge is 0.416 e. The first-order valence-electron chi connectivity index (χ1n) is 11.0. The lowest BCUT2D eigenvalue weighted by atomic mass is 10.1. The molecule has 3 rings (SSSR count). The van der Waals surface area contributed by atoms with E-state index in [1.54, 1.807) is 12.1 Å². The van der Waals surface area contributed by atoms with Crippen LogP contribution in [0.4, 0.5) is 30.2 Å². The third kappa shape index (κ3) is 7.77. The van der Waals surface area contributed by atoms with Crippen molar-refractivity contribution < 1.29 is 27.5 Å². The van der Waals surface area contributed by atoms with Crippen molar-refractivity contribution in [1.82, 2.24) is 0 Å². The maximum Gasteiger partial charge on any atom is 0.416 e. The summed E-state index contributed by atoms with van der Waals surface area (Å²) >= 11 is 0. The van der Waals surface area contributed by atoms with E-state index in [2.05, 4.69) is 16.0 Å². The molecule has 0 aliphatic rings. The highest BCUT2D eigenvalue weighted by atomic mass is 19.4. The highest BCUT2D eigenvalue weighted by Gasteiger charge is 2.30. The van der Waals surface area contributed by atoms with E-state index in [4.69, 9.17) is 4.74 Å². The minimum atomic E-state index is -4.51. The van der Waals surface area contributed by atoms with Gasteiger partial charge in [0.05, 0.1) is 18.2 Å². The predicted octanol–water partition coefficient (Wildman–Crippen LogP) is 6.19. The Balaban J connectivity index is 1.55. The highest BCUT2D eigenvalue weighted by molar-refractivity contribution is 6.05. The maximum atomic E-state index is 12.9. The van der Waals surface area contributed by atoms with Crippen molar-refractivity contribution in [3.63, 3.8) is 0 Å². The fraction of sp³-hybridized carbons (Fsp3) is 0.231. The summed E-state index contributed by atoms with van der Waals surface area (Å²) in [5.74, 6) is -0.187. The number of carbonyl (C=O) groups is 2. The molecule has 0 saturated heterocycles. The van der Waals surface area contributed by atoms with E-state index in [1.165, 1.54) is 24.3 Å². The molecule has 6 nitrogen and oxygen atoms in total. The van der Waals surface area contributed by atoms with Gasteiger partial charge in [-0.25, -0.2) is 0 Å². The van der Waals surface area contributed by atoms with Crippen molar-refractivity contribution in [3.05, 3.63) is 83.9 Å². The zero-order valence-electron chi connectivity index (χ0n) is 19.3. The van der Waals surface area contributed by atoms with E-state index < -0.39 is 17.6 Å². The van der Waals surface area contributed by atoms with E-state index in [0.29, 0.717) is 5.69 Å². The Morgan fingerprint density at radius 3 is 2.20 bits per heavy atom. The van der Waals surface area contributed by atoms with E-state index in [-0.39, 0.29) is 29.8 Å². The predicted molar refractivity (Wildman–Crippen MR) is 130 cm³/mol. The van der Waals surface area contributed by atoms with E-state index >= 15 is 0 Å². The topological polar surface area (TPSA) is 79.5 Å². The Morgan fingerprint density at radius 1 is 0.886 bits per heavy atom. The van der Waals surface area contributed by atoms with Crippen LogP contribution in [0.3, 0.4) is 0 Å². The number of halogens is 3. The monoisotopic (exact) mass is 485 g/mol. The molecule has 0 aromatic heterocycles. The van der Waals surface area contributed by atoms with Gasteiger partial charge < -0.3 is 20.7 Å². The second-order valence-corrected chi connectivity index (χ2v) is 7.88. The Hall–Kier alpha value is -4.01. The third-order valence-electron chi connectivity index (χ3n) is 5.08. The van der Waals surface area contributed by atoms with Crippen LogP contribution in [0.5, 0.6) is 5.75 Å². The lowest BCUT2D eigenvalue weighted by Gasteiger charge is -2.13. The van der Waals surface area contributed by atoms with Crippen molar-refractivity contribution in [3.8, 4) is 5.75 Å². The summed E-state index contributed by atoms with van der Waals surface area (Å²) in [6, 6.07) is 17.8. The number of nitrogens with one attached hydrogen (secondary N) is 3. The molecule has 0 aliphatic heterocycles. The Labute approximate surface area is 201 Å². The van der Waals surface area contributed by atoms with Crippen LogP contribution < -0.4 is 20.7 Å². The maximum absolute atomic E-state index is 12.9. The molecule has 0 aliphatic carbocycles. The van der Waals surface area contributed by atoms with Crippen molar-refractivity contribution >= 4 is 28.9 Å². The first-order valence-corrected chi connectivity index (χ1v) is 11.0. The molecule has 3 aromatic carbocycles. The first-order chi connectivity index (χ1) is 16.6. The van der Waals surface area contributed by atoms with Crippen LogP contribution in [0.2, 0.25) is 0 Å². The summed E-state index contributed by atoms with van der Waals surface area (Å²) < 4.78 is 44.4. The summed E-state index contributed by atoms with van der Waals surface area (Å²) in [7, 11) is 0. The van der Waals surface area contributed by atoms with Gasteiger partial charge in [-0.1, -0.05) is 19.1 Å². The minimum absolute atomic E-state index is 0.00771. The molecule has 3 aromatic rings. The van der Waals surface area contributed by atoms with Crippen LogP contribution >= 0.6 is 0 Å². The second-order valence-electron chi connectivity index (χ2n) is 7.88. The van der Waals surface area contributed by atoms with Crippen LogP contribution in [0.15, 0.2) is 72.8 Å². The highest BCUT2D eigenvalue weighted by Crippen LogP contribution is 2.30. The Kier molecular flexibility index (Phi) is 8.35. The largest absolute Gasteiger partial charge is 0.491 e. The molecule has 3 N–H and O–H groups in total. The lowest BCUT2D eigenvalue weighted by molar-refractivity contribution is -0.137. The van der Waals surface area contributed by atoms with Crippen molar-refractivity contribution in [1.29, 1.82) is 0 Å². The minimum Gasteiger partial charge on any atom is -0.491 e. The van der Waals surface area contributed by atoms with Crippen LogP contribution in [0.25, 0.3) is 0 Å². The van der Waals surface area contributed by atoms with Gasteiger partial charge in [-0.15, -0.1) is 0 Å². The zero-order valence-corrected chi connectivity index (χ0v) is 19.3. The van der Waals surface area contributed by atoms with Crippen LogP contribution in [0.1, 0.15) is 36.2 Å². The summed E-state index contributed by atoms with van der Waals surface area (Å²) in [4.78, 5) is 24.8. The number of anilines is 3. The van der Waals surface area contributed by atoms with Gasteiger partial charge in [0.15, 0.2) is 0 Å². The van der Waals surface area contributed by atoms with E-state index in [9.17, 15) is 22.8 Å². The van der Waals surface area contributed by atoms with Crippen LogP contribution in [-0.2, 0) is 11.0 Å². The van der Waals surface area contributed by atoms with Gasteiger partial charge in [-0.2, -0.15) is 13.2 Å². The molecule has 9 heteroatoms. The standard InChI is InChI=1S/C26H26F3N3O3/c1-3-17(2)35-23-12-10-20(11-13-23)30-16-24(33)31-21-8-4-6-18(14-21)25(34)32-22-9-5-7-19(15-22)26(27,28)29/h4-15,17,30H,3,16H2,1-2H3,(H,31,33)(H,32,34). The van der Waals surface area contributed by atoms with Gasteiger partial charge in [0.25, 0.3) is 5.91 Å². The average Bonchev–Trinajstić information content (AvgIpc) is 2.83. The van der Waals surface area contributed by atoms with Crippen molar-refractivity contribution in [2.75, 3.05) is 22.5 Å². The fourth-order valence-corrected chi connectivity index (χ4v) is 3.07. The lowest BCUT2D eigenvalue weighted by Crippen LogP contribution is -2.22. The van der Waals surface area contributed by atoms with Gasteiger partial charge >= 0.3 is 6.18 Å². The molecular weight excluding hydrogens is 459 g/mol. The molecule has 1 atom stereocenters. The molecule has 0 fully saturated rings. The first kappa shape index (κ1) is 25.6. The van der Waals surface area contributed by atoms with Crippen molar-refractivity contribution in [2.24, 2.45) is 0 Å². The number of rotatable bonds is 9. The average molecular weight is 486 g/mol. The van der Waals surface area contributed by atoms with Crippen LogP contribution in [-0.4, -0.2) is 24.5 Å². The molecular formula is C26H26F3N3O3. The van der Waals surface area contributed by atoms with Gasteiger partial charge in [-0.3, -0.25) is 9.59 Å². The van der Waals surface area contributed by atoms with Gasteiger partial charge in [0, 0.05) is 22.6 Å². The number of amides is 2. The molecule has 1 unspecified atom stereocenters. The summed E-state index contributed by atoms with van der Waals surface area (Å²) in [5, 5.41) is 8.14. The molecule has 0 bridgehead atoms. The SMILES string of the molecule is CCC(C)Oc1ccc(NCC(=O)Nc2cccc(C(=O)Nc3cccc(C(F)(F)F)c3)c2)cc1. The van der Waals surface area contributed by atoms with Gasteiger partial charge in [-0.05, 0) is 74.0 Å². The Morgan fingerprint density at radius 2 is 1.54 bits per heavy atom. The second kappa shape index (κ2) is 11.4. The normalized spacial score (nSPS) is 11.9. The number of hydrogen-bond acceptors (Lipinski definition) is 4. The zero-order chi connectivity index (χ0) is 25.4. The molecule has 0 radical (unpaired) electrons. The number of ether oxygens (including phenoxy) is 1. The summed E-state index contributed by atoms with van der Waals surface area (Å²) in [5.41, 5.74) is 0.465. The van der Waals surface area contributed by atoms with Crippen molar-refractivity contribution in [2.45, 2.75) is 32.5 Å².